The van der Waals surface area contributed by atoms with Gasteiger partial charge in [0.25, 0.3) is 0 Å². The molecule has 418 valence electrons. The molecule has 4 fully saturated rings. The smallest absolute Gasteiger partial charge is 0.228 e. The third-order valence-electron chi connectivity index (χ3n) is 16.9. The summed E-state index contributed by atoms with van der Waals surface area (Å²) in [6, 6.07) is 3.43. The Morgan fingerprint density at radius 1 is 0.720 bits per heavy atom. The van der Waals surface area contributed by atoms with E-state index in [4.69, 9.17) is 52.1 Å². The van der Waals surface area contributed by atoms with Gasteiger partial charge in [-0.05, 0) is 87.2 Å². The molecule has 22 atom stereocenters. The number of aliphatic hydroxyl groups excluding tert-OH is 3. The lowest BCUT2D eigenvalue weighted by molar-refractivity contribution is -0.383. The molecule has 5 heterocycles. The first-order valence-corrected chi connectivity index (χ1v) is 25.0. The molecule has 0 spiro atoms. The molecule has 4 saturated heterocycles. The Morgan fingerprint density at radius 3 is 1.84 bits per heavy atom. The maximum absolute atomic E-state index is 15.3. The second-order valence-corrected chi connectivity index (χ2v) is 22.4. The zero-order valence-corrected chi connectivity index (χ0v) is 44.1. The van der Waals surface area contributed by atoms with E-state index in [2.05, 4.69) is 0 Å². The van der Waals surface area contributed by atoms with Crippen molar-refractivity contribution in [2.45, 2.75) is 201 Å². The van der Waals surface area contributed by atoms with Crippen LogP contribution in [0.5, 0.6) is 11.5 Å². The number of likely N-dealkylation sites (N-methyl/N-ethyl adjacent to an activating group) is 1. The fourth-order valence-electron chi connectivity index (χ4n) is 12.9. The van der Waals surface area contributed by atoms with Crippen LogP contribution in [0.4, 0.5) is 0 Å². The number of rotatable bonds is 11. The molecule has 75 heavy (non-hydrogen) atoms. The minimum atomic E-state index is -1.90. The van der Waals surface area contributed by atoms with Crippen LogP contribution >= 0.6 is 0 Å². The van der Waals surface area contributed by atoms with Crippen LogP contribution in [0.25, 0.3) is 0 Å². The number of carbonyl (C=O) groups is 2. The first-order chi connectivity index (χ1) is 34.9. The number of fused-ring (bicyclic) bond motifs is 8. The van der Waals surface area contributed by atoms with Gasteiger partial charge in [-0.1, -0.05) is 6.07 Å². The standard InChI is InChI=1S/C51H71N2O22/c1-19-37(58)49(6,61)42(66-12)45(69-19)73-36-27-22(17-48(5,60)41(36)65-11)16-24-28(32(27)55)33(56)29-23(31(24)54)14-15-25-35(29)72-44-34(57)30(52(9)10)40(51(25,8)75-44)71-26-18-47(4,53(63)64)39(21(3)68-26)74-46-43(67-13)50(7,62)38(59)20(2)70-46/h14-16,19-21,26,30,34,36-46,55,57-63H,17-18H2,1-13H3/q-1/t19-,20-,21+,26+,30-,34-,36+,37-,38-,39-,40-,41+,42+,43+,44-,45+,46+,47+,48+,49+,50-,51-/m0/s1. The number of benzene rings is 2. The average molecular weight is 1060 g/mol. The number of methoxy groups -OCH3 is 3. The number of hydrogen-bond acceptors (Lipinski definition) is 24. The minimum Gasteiger partial charge on any atom is -0.762 e. The number of aliphatic hydroxyl groups is 6. The molecule has 24 nitrogen and oxygen atoms in total. The van der Waals surface area contributed by atoms with E-state index in [1.165, 1.54) is 81.1 Å². The topological polar surface area (TPSA) is 327 Å². The second-order valence-electron chi connectivity index (χ2n) is 22.4. The van der Waals surface area contributed by atoms with Crippen molar-refractivity contribution >= 4 is 11.6 Å². The van der Waals surface area contributed by atoms with E-state index in [1.54, 1.807) is 32.8 Å². The maximum Gasteiger partial charge on any atom is 0.228 e. The summed E-state index contributed by atoms with van der Waals surface area (Å²) in [5.41, 5.74) is -9.48. The predicted molar refractivity (Wildman–Crippen MR) is 254 cm³/mol. The number of ether oxygens (including phenoxy) is 11. The van der Waals surface area contributed by atoms with Crippen LogP contribution < -0.4 is 4.74 Å². The molecular weight excluding hydrogens is 993 g/mol. The molecule has 0 aromatic heterocycles. The molecule has 7 aliphatic rings. The Labute approximate surface area is 433 Å². The number of phenolic OH excluding ortho intramolecular Hbond substituents is 1. The summed E-state index contributed by atoms with van der Waals surface area (Å²) in [4.78, 5) is 31.8. The van der Waals surface area contributed by atoms with E-state index in [9.17, 15) is 51.0 Å². The number of hydrogen-bond donors (Lipinski definition) is 8. The van der Waals surface area contributed by atoms with Crippen molar-refractivity contribution < 1.29 is 103 Å². The van der Waals surface area contributed by atoms with E-state index in [-0.39, 0.29) is 57.2 Å². The molecule has 2 aromatic carbocycles. The normalized spacial score (nSPS) is 45.5. The molecule has 0 radical (unpaired) electrons. The summed E-state index contributed by atoms with van der Waals surface area (Å²) in [7, 11) is 7.26. The lowest BCUT2D eigenvalue weighted by atomic mass is 9.71. The van der Waals surface area contributed by atoms with Gasteiger partial charge in [0.1, 0.15) is 83.2 Å². The fourth-order valence-corrected chi connectivity index (χ4v) is 12.9. The molecule has 9 rings (SSSR count). The number of phenols is 1. The number of nitrogens with zero attached hydrogens (tertiary/aromatic N) is 2. The van der Waals surface area contributed by atoms with Crippen LogP contribution in [0.3, 0.4) is 0 Å². The zero-order valence-electron chi connectivity index (χ0n) is 44.1. The molecule has 2 aliphatic carbocycles. The highest BCUT2D eigenvalue weighted by Gasteiger charge is 2.63. The number of ketones is 2. The molecule has 24 heteroatoms. The second kappa shape index (κ2) is 19.4. The Balaban J connectivity index is 1.08. The van der Waals surface area contributed by atoms with Gasteiger partial charge in [-0.25, -0.2) is 0 Å². The van der Waals surface area contributed by atoms with Crippen LogP contribution in [-0.2, 0) is 59.4 Å². The van der Waals surface area contributed by atoms with E-state index in [0.29, 0.717) is 0 Å². The van der Waals surface area contributed by atoms with Crippen LogP contribution in [0.15, 0.2) is 18.2 Å². The highest BCUT2D eigenvalue weighted by molar-refractivity contribution is 6.30. The van der Waals surface area contributed by atoms with E-state index in [1.807, 2.05) is 0 Å². The van der Waals surface area contributed by atoms with Crippen molar-refractivity contribution in [3.05, 3.63) is 62.4 Å². The molecule has 0 saturated carbocycles. The fraction of sp³-hybridized carbons (Fsp3) is 0.725. The number of hydroxylamine groups is 2. The molecule has 0 amide bonds. The van der Waals surface area contributed by atoms with Crippen molar-refractivity contribution in [3.63, 3.8) is 0 Å². The zero-order chi connectivity index (χ0) is 55.1. The SMILES string of the molecule is CO[C@@H]1[C@@H](O[C@@H]2c3c(cc4c(c3O)C(=O)c3c(ccc5c3O[C@H]3O[C@]5(C)[C@@H](O[C@@H]5C[C@@](C)(N([O-])O)[C@@H](O[C@H]6O[C@@H](C)[C@H](O)[C@](C)(O)[C@@H]6OC)[C@@H](C)O5)[C@@H](N(C)C)[C@@H]3O)C4=O)C[C@@](C)(O)[C@@H]2OC)O[C@@H](C)[C@H](O)[C@@]1(C)O. The highest BCUT2D eigenvalue weighted by Crippen LogP contribution is 2.55. The lowest BCUT2D eigenvalue weighted by Crippen LogP contribution is -2.71. The van der Waals surface area contributed by atoms with E-state index in [0.717, 1.165) is 0 Å². The molecule has 2 aromatic rings. The van der Waals surface area contributed by atoms with Crippen LogP contribution in [0.2, 0.25) is 0 Å². The minimum absolute atomic E-state index is 0.0185. The first-order valence-electron chi connectivity index (χ1n) is 25.0. The van der Waals surface area contributed by atoms with Gasteiger partial charge in [-0.2, -0.15) is 0 Å². The van der Waals surface area contributed by atoms with Crippen molar-refractivity contribution in [1.82, 2.24) is 10.1 Å². The van der Waals surface area contributed by atoms with Crippen molar-refractivity contribution in [3.8, 4) is 11.5 Å². The van der Waals surface area contributed by atoms with Gasteiger partial charge in [-0.15, -0.1) is 0 Å². The Morgan fingerprint density at radius 2 is 1.29 bits per heavy atom. The van der Waals surface area contributed by atoms with Crippen LogP contribution in [-0.4, -0.2) is 219 Å². The monoisotopic (exact) mass is 1060 g/mol. The Bertz CT molecular complexity index is 2540. The van der Waals surface area contributed by atoms with Gasteiger partial charge in [-0.3, -0.25) is 14.8 Å². The third-order valence-corrected chi connectivity index (χ3v) is 16.9. The summed E-state index contributed by atoms with van der Waals surface area (Å²) in [6.45, 7) is 11.9. The van der Waals surface area contributed by atoms with Gasteiger partial charge >= 0.3 is 0 Å². The van der Waals surface area contributed by atoms with Crippen molar-refractivity contribution in [2.24, 2.45) is 0 Å². The van der Waals surface area contributed by atoms with Gasteiger partial charge < -0.3 is 103 Å². The predicted octanol–water partition coefficient (Wildman–Crippen LogP) is 0.399. The maximum atomic E-state index is 15.3. The third kappa shape index (κ3) is 8.59. The summed E-state index contributed by atoms with van der Waals surface area (Å²) in [6.07, 6.45) is -21.1. The van der Waals surface area contributed by atoms with Gasteiger partial charge in [0.05, 0.1) is 46.6 Å². The van der Waals surface area contributed by atoms with E-state index < -0.39 is 155 Å². The summed E-state index contributed by atoms with van der Waals surface area (Å²) in [5, 5.41) is 105. The lowest BCUT2D eigenvalue weighted by Gasteiger charge is -2.58. The Hall–Kier alpha value is -3.42. The number of aromatic hydroxyl groups is 1. The highest BCUT2D eigenvalue weighted by atomic mass is 16.8. The average Bonchev–Trinajstić information content (AvgIpc) is 3.31. The van der Waals surface area contributed by atoms with Gasteiger partial charge in [0, 0.05) is 56.4 Å². The van der Waals surface area contributed by atoms with Crippen molar-refractivity contribution in [1.29, 1.82) is 0 Å². The van der Waals surface area contributed by atoms with Crippen LogP contribution in [0.1, 0.15) is 116 Å². The van der Waals surface area contributed by atoms with Gasteiger partial charge in [0.15, 0.2) is 24.7 Å². The van der Waals surface area contributed by atoms with Crippen molar-refractivity contribution in [2.75, 3.05) is 35.4 Å². The number of carbonyl (C=O) groups excluding carboxylic acids is 2. The molecule has 5 aliphatic heterocycles. The van der Waals surface area contributed by atoms with E-state index >= 15 is 4.79 Å². The summed E-state index contributed by atoms with van der Waals surface area (Å²) >= 11 is 0. The largest absolute Gasteiger partial charge is 0.762 e. The first kappa shape index (κ1) is 56.3. The quantitative estimate of drug-likeness (QED) is 0.121. The molecule has 8 N–H and O–H groups in total. The molecule has 0 unspecified atom stereocenters. The summed E-state index contributed by atoms with van der Waals surface area (Å²) in [5.74, 6) is -2.34. The molecular formula is C51H71N2O22-. The Kier molecular flexibility index (Phi) is 14.6. The van der Waals surface area contributed by atoms with Gasteiger partial charge in [0.2, 0.25) is 12.1 Å². The van der Waals surface area contributed by atoms with Crippen LogP contribution in [0, 0.1) is 5.21 Å². The summed E-state index contributed by atoms with van der Waals surface area (Å²) < 4.78 is 67.8. The molecule has 2 bridgehead atoms.